The molecule has 4 nitrogen and oxygen atoms in total. The van der Waals surface area contributed by atoms with E-state index in [-0.39, 0.29) is 5.56 Å². The van der Waals surface area contributed by atoms with Gasteiger partial charge in [0.05, 0.1) is 5.56 Å². The number of rotatable bonds is 1. The minimum Gasteiger partial charge on any atom is -0.400 e. The second-order valence-electron chi connectivity index (χ2n) is 2.36. The van der Waals surface area contributed by atoms with Crippen LogP contribution in [0.25, 0.3) is 0 Å². The fourth-order valence-corrected chi connectivity index (χ4v) is 1.00. The molecule has 0 unspecified atom stereocenters. The van der Waals surface area contributed by atoms with E-state index in [4.69, 9.17) is 22.6 Å². The summed E-state index contributed by atoms with van der Waals surface area (Å²) in [4.78, 5) is 3.34. The molecule has 0 aromatic carbocycles. The van der Waals surface area contributed by atoms with E-state index in [0.29, 0.717) is 0 Å². The molecule has 0 bridgehead atoms. The smallest absolute Gasteiger partial charge is 0.400 e. The van der Waals surface area contributed by atoms with Gasteiger partial charge in [0.15, 0.2) is 11.6 Å². The molecule has 0 aliphatic heterocycles. The van der Waals surface area contributed by atoms with Crippen molar-refractivity contribution in [2.75, 3.05) is 5.73 Å². The number of nitrogen functional groups attached to an aromatic ring is 1. The van der Waals surface area contributed by atoms with Gasteiger partial charge >= 0.3 is 6.36 Å². The highest BCUT2D eigenvalue weighted by Crippen LogP contribution is 2.35. The standard InChI is InChI=1S/C7H3ClF3N3O/c8-4-3(1-12)2-14-6(13)5(4)15-7(9,10)11/h2H,(H2,13,14). The van der Waals surface area contributed by atoms with Gasteiger partial charge in [0, 0.05) is 6.20 Å². The van der Waals surface area contributed by atoms with Crippen molar-refractivity contribution in [3.8, 4) is 11.8 Å². The van der Waals surface area contributed by atoms with E-state index in [1.165, 1.54) is 0 Å². The molecular formula is C7H3ClF3N3O. The Hall–Kier alpha value is -1.68. The molecule has 80 valence electrons. The van der Waals surface area contributed by atoms with Gasteiger partial charge in [0.2, 0.25) is 0 Å². The number of nitrogens with zero attached hydrogens (tertiary/aromatic N) is 2. The van der Waals surface area contributed by atoms with Crippen molar-refractivity contribution >= 4 is 17.4 Å². The van der Waals surface area contributed by atoms with Crippen molar-refractivity contribution in [2.24, 2.45) is 0 Å². The van der Waals surface area contributed by atoms with E-state index in [9.17, 15) is 13.2 Å². The Kier molecular flexibility index (Phi) is 2.90. The maximum absolute atomic E-state index is 11.9. The van der Waals surface area contributed by atoms with Crippen molar-refractivity contribution in [1.29, 1.82) is 5.26 Å². The van der Waals surface area contributed by atoms with Crippen molar-refractivity contribution in [3.63, 3.8) is 0 Å². The maximum Gasteiger partial charge on any atom is 0.573 e. The molecule has 0 atom stereocenters. The molecule has 0 aliphatic carbocycles. The highest BCUT2D eigenvalue weighted by Gasteiger charge is 2.34. The molecule has 1 heterocycles. The number of hydrogen-bond donors (Lipinski definition) is 1. The molecule has 2 N–H and O–H groups in total. The van der Waals surface area contributed by atoms with Gasteiger partial charge in [0.1, 0.15) is 11.1 Å². The number of halogens is 4. The lowest BCUT2D eigenvalue weighted by molar-refractivity contribution is -0.274. The molecule has 1 rings (SSSR count). The highest BCUT2D eigenvalue weighted by atomic mass is 35.5. The lowest BCUT2D eigenvalue weighted by Gasteiger charge is -2.12. The summed E-state index contributed by atoms with van der Waals surface area (Å²) >= 11 is 5.45. The van der Waals surface area contributed by atoms with Crippen molar-refractivity contribution in [3.05, 3.63) is 16.8 Å². The number of pyridine rings is 1. The Morgan fingerprint density at radius 3 is 2.60 bits per heavy atom. The number of nitrogens with two attached hydrogens (primary N) is 1. The Morgan fingerprint density at radius 2 is 2.13 bits per heavy atom. The van der Waals surface area contributed by atoms with Crippen LogP contribution < -0.4 is 10.5 Å². The van der Waals surface area contributed by atoms with Gasteiger partial charge in [-0.15, -0.1) is 13.2 Å². The molecule has 0 fully saturated rings. The Labute approximate surface area is 87.0 Å². The fourth-order valence-electron chi connectivity index (χ4n) is 0.775. The summed E-state index contributed by atoms with van der Waals surface area (Å²) < 4.78 is 39.2. The summed E-state index contributed by atoms with van der Waals surface area (Å²) in [6.07, 6.45) is -3.98. The molecule has 0 saturated carbocycles. The summed E-state index contributed by atoms with van der Waals surface area (Å²) in [6, 6.07) is 1.55. The quantitative estimate of drug-likeness (QED) is 0.812. The Balaban J connectivity index is 3.23. The van der Waals surface area contributed by atoms with Crippen LogP contribution >= 0.6 is 11.6 Å². The van der Waals surface area contributed by atoms with Gasteiger partial charge in [-0.05, 0) is 0 Å². The average molecular weight is 238 g/mol. The molecular weight excluding hydrogens is 235 g/mol. The van der Waals surface area contributed by atoms with Crippen LogP contribution in [-0.4, -0.2) is 11.3 Å². The topological polar surface area (TPSA) is 71.9 Å². The van der Waals surface area contributed by atoms with Crippen LogP contribution in [0.2, 0.25) is 5.02 Å². The predicted molar refractivity (Wildman–Crippen MR) is 45.1 cm³/mol. The third-order valence-corrected chi connectivity index (χ3v) is 1.71. The minimum absolute atomic E-state index is 0.245. The van der Waals surface area contributed by atoms with E-state index >= 15 is 0 Å². The summed E-state index contributed by atoms with van der Waals surface area (Å²) in [5, 5.41) is 7.97. The SMILES string of the molecule is N#Cc1cnc(N)c(OC(F)(F)F)c1Cl. The summed E-state index contributed by atoms with van der Waals surface area (Å²) in [6.45, 7) is 0. The third-order valence-electron chi connectivity index (χ3n) is 1.34. The lowest BCUT2D eigenvalue weighted by Crippen LogP contribution is -2.19. The maximum atomic E-state index is 11.9. The predicted octanol–water partition coefficient (Wildman–Crippen LogP) is 2.09. The summed E-state index contributed by atoms with van der Waals surface area (Å²) in [5.41, 5.74) is 4.88. The number of anilines is 1. The number of hydrogen-bond acceptors (Lipinski definition) is 4. The second-order valence-corrected chi connectivity index (χ2v) is 2.74. The molecule has 0 amide bonds. The fraction of sp³-hybridized carbons (Fsp3) is 0.143. The van der Waals surface area contributed by atoms with Gasteiger partial charge in [-0.25, -0.2) is 4.98 Å². The van der Waals surface area contributed by atoms with E-state index < -0.39 is 23.0 Å². The van der Waals surface area contributed by atoms with E-state index in [2.05, 4.69) is 9.72 Å². The molecule has 0 spiro atoms. The zero-order chi connectivity index (χ0) is 11.6. The monoisotopic (exact) mass is 237 g/mol. The molecule has 1 aromatic heterocycles. The van der Waals surface area contributed by atoms with E-state index in [1.54, 1.807) is 6.07 Å². The zero-order valence-corrected chi connectivity index (χ0v) is 7.73. The lowest BCUT2D eigenvalue weighted by atomic mass is 10.3. The highest BCUT2D eigenvalue weighted by molar-refractivity contribution is 6.33. The van der Waals surface area contributed by atoms with Gasteiger partial charge in [-0.1, -0.05) is 11.6 Å². The third kappa shape index (κ3) is 2.63. The number of alkyl halides is 3. The van der Waals surface area contributed by atoms with Crippen LogP contribution in [0.15, 0.2) is 6.20 Å². The van der Waals surface area contributed by atoms with Crippen LogP contribution in [0.5, 0.6) is 5.75 Å². The van der Waals surface area contributed by atoms with Crippen molar-refractivity contribution < 1.29 is 17.9 Å². The number of ether oxygens (including phenoxy) is 1. The van der Waals surface area contributed by atoms with Crippen LogP contribution in [-0.2, 0) is 0 Å². The molecule has 0 saturated heterocycles. The zero-order valence-electron chi connectivity index (χ0n) is 6.97. The largest absolute Gasteiger partial charge is 0.573 e. The van der Waals surface area contributed by atoms with Crippen LogP contribution in [0, 0.1) is 11.3 Å². The Morgan fingerprint density at radius 1 is 1.53 bits per heavy atom. The first-order chi connectivity index (χ1) is 6.85. The first-order valence-electron chi connectivity index (χ1n) is 3.45. The second kappa shape index (κ2) is 3.82. The number of aromatic nitrogens is 1. The molecule has 15 heavy (non-hydrogen) atoms. The summed E-state index contributed by atoms with van der Waals surface area (Å²) in [7, 11) is 0. The average Bonchev–Trinajstić information content (AvgIpc) is 2.11. The first-order valence-corrected chi connectivity index (χ1v) is 3.82. The van der Waals surface area contributed by atoms with Crippen LogP contribution in [0.1, 0.15) is 5.56 Å². The van der Waals surface area contributed by atoms with E-state index in [0.717, 1.165) is 6.20 Å². The number of nitriles is 1. The van der Waals surface area contributed by atoms with E-state index in [1.807, 2.05) is 0 Å². The van der Waals surface area contributed by atoms with Crippen LogP contribution in [0.3, 0.4) is 0 Å². The van der Waals surface area contributed by atoms with Crippen molar-refractivity contribution in [1.82, 2.24) is 4.98 Å². The van der Waals surface area contributed by atoms with Gasteiger partial charge < -0.3 is 10.5 Å². The van der Waals surface area contributed by atoms with Gasteiger partial charge in [-0.3, -0.25) is 0 Å². The first kappa shape index (κ1) is 11.4. The molecule has 0 radical (unpaired) electrons. The van der Waals surface area contributed by atoms with Gasteiger partial charge in [-0.2, -0.15) is 5.26 Å². The van der Waals surface area contributed by atoms with Gasteiger partial charge in [0.25, 0.3) is 0 Å². The normalized spacial score (nSPS) is 10.9. The molecule has 1 aromatic rings. The molecule has 8 heteroatoms. The van der Waals surface area contributed by atoms with Crippen molar-refractivity contribution in [2.45, 2.75) is 6.36 Å². The minimum atomic E-state index is -4.94. The summed E-state index contributed by atoms with van der Waals surface area (Å²) in [5.74, 6) is -1.39. The Bertz CT molecular complexity index is 427. The van der Waals surface area contributed by atoms with Crippen LogP contribution in [0.4, 0.5) is 19.0 Å². The molecule has 0 aliphatic rings.